The highest BCUT2D eigenvalue weighted by Gasteiger charge is 2.43. The maximum atomic E-state index is 12.8. The molecule has 9 heteroatoms. The third kappa shape index (κ3) is 3.18. The lowest BCUT2D eigenvalue weighted by molar-refractivity contribution is -0.138. The number of carbonyl (C=O) groups is 3. The number of thioether (sulfide) groups is 1. The van der Waals surface area contributed by atoms with E-state index in [1.807, 2.05) is 0 Å². The molecule has 0 radical (unpaired) electrons. The molecule has 136 valence electrons. The summed E-state index contributed by atoms with van der Waals surface area (Å²) >= 11 is 6.35. The third-order valence-corrected chi connectivity index (χ3v) is 5.80. The number of likely N-dealkylation sites (N-methyl/N-ethyl adjacent to an activating group) is 2. The number of ether oxygens (including phenoxy) is 1. The maximum absolute atomic E-state index is 12.8. The maximum Gasteiger partial charge on any atom is 0.346 e. The summed E-state index contributed by atoms with van der Waals surface area (Å²) in [6.45, 7) is 8.07. The molecule has 25 heavy (non-hydrogen) atoms. The first kappa shape index (κ1) is 19.5. The average Bonchev–Trinajstić information content (AvgIpc) is 2.85. The molecule has 0 bridgehead atoms. The summed E-state index contributed by atoms with van der Waals surface area (Å²) < 4.78 is 5.06. The number of thiocarbonyl (C=S) groups is 1. The van der Waals surface area contributed by atoms with E-state index in [1.54, 1.807) is 39.6 Å². The fourth-order valence-corrected chi connectivity index (χ4v) is 4.16. The van der Waals surface area contributed by atoms with Crippen LogP contribution in [0.4, 0.5) is 0 Å². The molecule has 2 heterocycles. The van der Waals surface area contributed by atoms with Crippen LogP contribution in [0.5, 0.6) is 0 Å². The number of hydrogen-bond donors (Lipinski definition) is 0. The third-order valence-electron chi connectivity index (χ3n) is 4.02. The van der Waals surface area contributed by atoms with Crippen LogP contribution in [0.1, 0.15) is 27.7 Å². The molecule has 2 aliphatic rings. The number of amides is 2. The second-order valence-corrected chi connectivity index (χ2v) is 6.72. The van der Waals surface area contributed by atoms with Gasteiger partial charge in [-0.05, 0) is 39.9 Å². The first-order chi connectivity index (χ1) is 11.8. The quantitative estimate of drug-likeness (QED) is 0.316. The van der Waals surface area contributed by atoms with E-state index < -0.39 is 17.8 Å². The minimum absolute atomic E-state index is 0.0310. The Hall–Kier alpha value is -1.87. The van der Waals surface area contributed by atoms with Gasteiger partial charge in [0.25, 0.3) is 11.8 Å². The van der Waals surface area contributed by atoms with Crippen molar-refractivity contribution in [3.8, 4) is 0 Å². The van der Waals surface area contributed by atoms with E-state index in [9.17, 15) is 14.4 Å². The van der Waals surface area contributed by atoms with Crippen molar-refractivity contribution in [1.82, 2.24) is 14.7 Å². The Morgan fingerprint density at radius 1 is 1.12 bits per heavy atom. The SMILES string of the molecule is CCOC(=O)C1=C(C)N(C)C(=C2C(=O)N(CC)C(=S)N(CC)C2=O)S1. The predicted molar refractivity (Wildman–Crippen MR) is 99.1 cm³/mol. The van der Waals surface area contributed by atoms with Gasteiger partial charge in [0.1, 0.15) is 10.5 Å². The molecule has 0 aromatic carbocycles. The zero-order chi connectivity index (χ0) is 18.9. The highest BCUT2D eigenvalue weighted by molar-refractivity contribution is 8.07. The van der Waals surface area contributed by atoms with Crippen LogP contribution in [0.25, 0.3) is 0 Å². The Morgan fingerprint density at radius 2 is 1.64 bits per heavy atom. The van der Waals surface area contributed by atoms with Crippen molar-refractivity contribution in [3.63, 3.8) is 0 Å². The van der Waals surface area contributed by atoms with Crippen LogP contribution in [-0.4, -0.2) is 64.3 Å². The first-order valence-corrected chi connectivity index (χ1v) is 9.23. The molecule has 1 fully saturated rings. The van der Waals surface area contributed by atoms with Gasteiger partial charge < -0.3 is 9.64 Å². The van der Waals surface area contributed by atoms with Crippen molar-refractivity contribution in [1.29, 1.82) is 0 Å². The van der Waals surface area contributed by atoms with Crippen molar-refractivity contribution in [3.05, 3.63) is 21.2 Å². The minimum Gasteiger partial charge on any atom is -0.462 e. The van der Waals surface area contributed by atoms with E-state index in [4.69, 9.17) is 17.0 Å². The van der Waals surface area contributed by atoms with Gasteiger partial charge in [0.05, 0.1) is 11.6 Å². The van der Waals surface area contributed by atoms with E-state index in [-0.39, 0.29) is 17.3 Å². The van der Waals surface area contributed by atoms with E-state index in [2.05, 4.69) is 0 Å². The standard InChI is InChI=1S/C16H21N3O4S2/c1-6-18-12(20)10(13(21)19(7-2)16(18)24)14-17(5)9(4)11(25-14)15(22)23-8-3/h6-8H2,1-5H3. The van der Waals surface area contributed by atoms with Gasteiger partial charge in [0.2, 0.25) is 0 Å². The molecule has 0 unspecified atom stereocenters. The number of hydrogen-bond acceptors (Lipinski definition) is 7. The number of allylic oxidation sites excluding steroid dienone is 1. The van der Waals surface area contributed by atoms with Crippen LogP contribution in [0.15, 0.2) is 21.2 Å². The molecule has 0 saturated carbocycles. The van der Waals surface area contributed by atoms with Crippen molar-refractivity contribution < 1.29 is 19.1 Å². The Labute approximate surface area is 156 Å². The molecule has 0 aromatic heterocycles. The molecular formula is C16H21N3O4S2. The van der Waals surface area contributed by atoms with Crippen LogP contribution < -0.4 is 0 Å². The van der Waals surface area contributed by atoms with Gasteiger partial charge in [-0.2, -0.15) is 0 Å². The van der Waals surface area contributed by atoms with Gasteiger partial charge in [0.15, 0.2) is 5.11 Å². The smallest absolute Gasteiger partial charge is 0.346 e. The topological polar surface area (TPSA) is 70.2 Å². The molecule has 0 spiro atoms. The largest absolute Gasteiger partial charge is 0.462 e. The first-order valence-electron chi connectivity index (χ1n) is 8.01. The second-order valence-electron chi connectivity index (χ2n) is 5.36. The van der Waals surface area contributed by atoms with Crippen LogP contribution in [0.2, 0.25) is 0 Å². The molecule has 2 rings (SSSR count). The molecule has 1 saturated heterocycles. The lowest BCUT2D eigenvalue weighted by Crippen LogP contribution is -2.56. The number of esters is 1. The average molecular weight is 383 g/mol. The summed E-state index contributed by atoms with van der Waals surface area (Å²) in [5.41, 5.74) is 0.675. The van der Waals surface area contributed by atoms with Crippen LogP contribution >= 0.6 is 24.0 Å². The Bertz CT molecular complexity index is 686. The molecular weight excluding hydrogens is 362 g/mol. The normalized spacial score (nSPS) is 18.8. The van der Waals surface area contributed by atoms with Crippen molar-refractivity contribution >= 4 is 46.9 Å². The Morgan fingerprint density at radius 3 is 2.08 bits per heavy atom. The molecule has 0 N–H and O–H groups in total. The van der Waals surface area contributed by atoms with Crippen LogP contribution in [0.3, 0.4) is 0 Å². The van der Waals surface area contributed by atoms with E-state index in [0.29, 0.717) is 28.7 Å². The predicted octanol–water partition coefficient (Wildman–Crippen LogP) is 1.67. The van der Waals surface area contributed by atoms with Crippen LogP contribution in [-0.2, 0) is 19.1 Å². The minimum atomic E-state index is -0.460. The molecule has 7 nitrogen and oxygen atoms in total. The van der Waals surface area contributed by atoms with Crippen molar-refractivity contribution in [2.24, 2.45) is 0 Å². The molecule has 0 aliphatic carbocycles. The number of nitrogens with zero attached hydrogens (tertiary/aromatic N) is 3. The van der Waals surface area contributed by atoms with Gasteiger partial charge in [-0.1, -0.05) is 11.8 Å². The Kier molecular flexibility index (Phi) is 5.89. The lowest BCUT2D eigenvalue weighted by atomic mass is 10.1. The summed E-state index contributed by atoms with van der Waals surface area (Å²) in [6, 6.07) is 0. The van der Waals surface area contributed by atoms with Gasteiger partial charge in [-0.15, -0.1) is 0 Å². The highest BCUT2D eigenvalue weighted by Crippen LogP contribution is 2.43. The lowest BCUT2D eigenvalue weighted by Gasteiger charge is -2.36. The zero-order valence-electron chi connectivity index (χ0n) is 14.9. The summed E-state index contributed by atoms with van der Waals surface area (Å²) in [7, 11) is 1.72. The summed E-state index contributed by atoms with van der Waals surface area (Å²) in [6.07, 6.45) is 0. The molecule has 2 amide bonds. The van der Waals surface area contributed by atoms with E-state index in [1.165, 1.54) is 9.80 Å². The molecule has 0 aromatic rings. The second kappa shape index (κ2) is 7.57. The fourth-order valence-electron chi connectivity index (χ4n) is 2.57. The van der Waals surface area contributed by atoms with Gasteiger partial charge >= 0.3 is 5.97 Å². The number of carbonyl (C=O) groups excluding carboxylic acids is 3. The Balaban J connectivity index is 2.51. The van der Waals surface area contributed by atoms with E-state index in [0.717, 1.165) is 11.8 Å². The van der Waals surface area contributed by atoms with Gasteiger partial charge in [-0.3, -0.25) is 19.4 Å². The molecule has 0 atom stereocenters. The monoisotopic (exact) mass is 383 g/mol. The molecule has 2 aliphatic heterocycles. The number of rotatable bonds is 4. The van der Waals surface area contributed by atoms with E-state index >= 15 is 0 Å². The van der Waals surface area contributed by atoms with Gasteiger partial charge in [0, 0.05) is 25.8 Å². The summed E-state index contributed by atoms with van der Waals surface area (Å²) in [4.78, 5) is 42.7. The van der Waals surface area contributed by atoms with Crippen molar-refractivity contribution in [2.45, 2.75) is 27.7 Å². The summed E-state index contributed by atoms with van der Waals surface area (Å²) in [5.74, 6) is -1.33. The highest BCUT2D eigenvalue weighted by atomic mass is 32.2. The fraction of sp³-hybridized carbons (Fsp3) is 0.500. The summed E-state index contributed by atoms with van der Waals surface area (Å²) in [5, 5.41) is 0.639. The van der Waals surface area contributed by atoms with Gasteiger partial charge in [-0.25, -0.2) is 4.79 Å². The van der Waals surface area contributed by atoms with Crippen molar-refractivity contribution in [2.75, 3.05) is 26.7 Å². The zero-order valence-corrected chi connectivity index (χ0v) is 16.5. The van der Waals surface area contributed by atoms with Crippen LogP contribution in [0, 0.1) is 0 Å².